The molecular formula is C15H13N3OS. The molecule has 0 saturated heterocycles. The van der Waals surface area contributed by atoms with E-state index in [9.17, 15) is 4.79 Å². The number of aromatic amines is 1. The normalized spacial score (nSPS) is 14.6. The van der Waals surface area contributed by atoms with Crippen molar-refractivity contribution >= 4 is 34.2 Å². The van der Waals surface area contributed by atoms with Crippen LogP contribution in [0.1, 0.15) is 34.0 Å². The van der Waals surface area contributed by atoms with Gasteiger partial charge in [-0.3, -0.25) is 10.1 Å². The number of amides is 1. The fourth-order valence-corrected chi connectivity index (χ4v) is 3.28. The summed E-state index contributed by atoms with van der Waals surface area (Å²) >= 11 is 1.50. The lowest BCUT2D eigenvalue weighted by Crippen LogP contribution is -2.12. The molecule has 1 aliphatic rings. The number of aromatic nitrogens is 2. The Morgan fingerprint density at radius 3 is 2.95 bits per heavy atom. The molecule has 100 valence electrons. The Balaban J connectivity index is 1.61. The van der Waals surface area contributed by atoms with Crippen LogP contribution in [0, 0.1) is 0 Å². The molecule has 0 aliphatic heterocycles. The van der Waals surface area contributed by atoms with Crippen LogP contribution >= 0.6 is 11.3 Å². The molecule has 4 nitrogen and oxygen atoms in total. The van der Waals surface area contributed by atoms with E-state index in [-0.39, 0.29) is 5.91 Å². The van der Waals surface area contributed by atoms with Crippen LogP contribution < -0.4 is 5.32 Å². The summed E-state index contributed by atoms with van der Waals surface area (Å²) in [6.07, 6.45) is 2.39. The highest BCUT2D eigenvalue weighted by Crippen LogP contribution is 2.43. The van der Waals surface area contributed by atoms with E-state index in [0.29, 0.717) is 11.9 Å². The van der Waals surface area contributed by atoms with Crippen molar-refractivity contribution in [2.24, 2.45) is 0 Å². The second-order valence-electron chi connectivity index (χ2n) is 5.04. The van der Waals surface area contributed by atoms with Crippen LogP contribution in [0.15, 0.2) is 35.7 Å². The molecule has 1 saturated carbocycles. The Kier molecular flexibility index (Phi) is 2.60. The molecule has 20 heavy (non-hydrogen) atoms. The Bertz CT molecular complexity index is 752. The summed E-state index contributed by atoms with van der Waals surface area (Å²) in [6.45, 7) is 0. The van der Waals surface area contributed by atoms with E-state index in [1.54, 1.807) is 0 Å². The highest BCUT2D eigenvalue weighted by atomic mass is 32.1. The van der Waals surface area contributed by atoms with E-state index >= 15 is 0 Å². The van der Waals surface area contributed by atoms with Crippen LogP contribution in [-0.2, 0) is 0 Å². The van der Waals surface area contributed by atoms with E-state index in [4.69, 9.17) is 0 Å². The number of carbonyl (C=O) groups is 1. The van der Waals surface area contributed by atoms with E-state index in [1.807, 2.05) is 29.6 Å². The number of carbonyl (C=O) groups excluding carboxylic acids is 1. The van der Waals surface area contributed by atoms with Crippen LogP contribution in [0.5, 0.6) is 0 Å². The molecule has 0 radical (unpaired) electrons. The van der Waals surface area contributed by atoms with E-state index in [1.165, 1.54) is 29.7 Å². The number of imidazole rings is 1. The molecule has 2 aromatic heterocycles. The van der Waals surface area contributed by atoms with Crippen LogP contribution in [0.3, 0.4) is 0 Å². The van der Waals surface area contributed by atoms with Crippen molar-refractivity contribution in [1.82, 2.24) is 9.97 Å². The fraction of sp³-hybridized carbons (Fsp3) is 0.200. The molecule has 0 atom stereocenters. The standard InChI is InChI=1S/C15H13N3OS/c19-14(13-10(7-8-20-13)9-5-6-9)18-15-16-11-3-1-2-4-12(11)17-15/h1-4,7-9H,5-6H2,(H2,16,17,18,19). The lowest BCUT2D eigenvalue weighted by Gasteiger charge is -2.02. The number of para-hydroxylation sites is 2. The number of hydrogen-bond donors (Lipinski definition) is 2. The summed E-state index contributed by atoms with van der Waals surface area (Å²) in [4.78, 5) is 20.6. The Labute approximate surface area is 119 Å². The molecule has 1 aliphatic carbocycles. The van der Waals surface area contributed by atoms with Gasteiger partial charge < -0.3 is 4.98 Å². The number of thiophene rings is 1. The number of fused-ring (bicyclic) bond motifs is 1. The van der Waals surface area contributed by atoms with Crippen LogP contribution in [0.2, 0.25) is 0 Å². The summed E-state index contributed by atoms with van der Waals surface area (Å²) in [5.74, 6) is 1.02. The minimum atomic E-state index is -0.0686. The maximum Gasteiger partial charge on any atom is 0.268 e. The quantitative estimate of drug-likeness (QED) is 0.769. The van der Waals surface area contributed by atoms with E-state index in [2.05, 4.69) is 21.4 Å². The summed E-state index contributed by atoms with van der Waals surface area (Å²) in [7, 11) is 0. The van der Waals surface area contributed by atoms with Gasteiger partial charge in [0.25, 0.3) is 5.91 Å². The maximum atomic E-state index is 12.3. The largest absolute Gasteiger partial charge is 0.324 e. The Morgan fingerprint density at radius 1 is 1.30 bits per heavy atom. The zero-order valence-electron chi connectivity index (χ0n) is 10.7. The molecule has 1 fully saturated rings. The van der Waals surface area contributed by atoms with Gasteiger partial charge in [-0.2, -0.15) is 0 Å². The first-order valence-corrected chi connectivity index (χ1v) is 7.53. The molecule has 4 rings (SSSR count). The number of benzene rings is 1. The van der Waals surface area contributed by atoms with Crippen LogP contribution in [0.25, 0.3) is 11.0 Å². The Morgan fingerprint density at radius 2 is 2.15 bits per heavy atom. The first-order valence-electron chi connectivity index (χ1n) is 6.65. The van der Waals surface area contributed by atoms with Gasteiger partial charge >= 0.3 is 0 Å². The second-order valence-corrected chi connectivity index (χ2v) is 5.95. The molecule has 2 heterocycles. The number of H-pyrrole nitrogens is 1. The van der Waals surface area contributed by atoms with E-state index in [0.717, 1.165) is 15.9 Å². The van der Waals surface area contributed by atoms with Gasteiger partial charge in [-0.05, 0) is 47.9 Å². The zero-order valence-corrected chi connectivity index (χ0v) is 11.5. The summed E-state index contributed by atoms with van der Waals surface area (Å²) < 4.78 is 0. The van der Waals surface area contributed by atoms with Crippen molar-refractivity contribution in [2.75, 3.05) is 5.32 Å². The second kappa shape index (κ2) is 4.45. The van der Waals surface area contributed by atoms with Gasteiger partial charge in [0, 0.05) is 0 Å². The average Bonchev–Trinajstić information content (AvgIpc) is 3.03. The van der Waals surface area contributed by atoms with Gasteiger partial charge in [-0.1, -0.05) is 12.1 Å². The molecule has 1 aromatic carbocycles. The molecule has 0 spiro atoms. The summed E-state index contributed by atoms with van der Waals surface area (Å²) in [6, 6.07) is 9.80. The predicted molar refractivity (Wildman–Crippen MR) is 80.3 cm³/mol. The van der Waals surface area contributed by atoms with Crippen molar-refractivity contribution in [3.05, 3.63) is 46.2 Å². The smallest absolute Gasteiger partial charge is 0.268 e. The van der Waals surface area contributed by atoms with Gasteiger partial charge in [-0.15, -0.1) is 11.3 Å². The lowest BCUT2D eigenvalue weighted by atomic mass is 10.1. The van der Waals surface area contributed by atoms with Crippen LogP contribution in [0.4, 0.5) is 5.95 Å². The molecule has 3 aromatic rings. The van der Waals surface area contributed by atoms with Gasteiger partial charge in [0.05, 0.1) is 15.9 Å². The van der Waals surface area contributed by atoms with Gasteiger partial charge in [0.15, 0.2) is 0 Å². The monoisotopic (exact) mass is 283 g/mol. The number of anilines is 1. The minimum Gasteiger partial charge on any atom is -0.324 e. The minimum absolute atomic E-state index is 0.0686. The first-order chi connectivity index (χ1) is 9.81. The number of nitrogens with zero attached hydrogens (tertiary/aromatic N) is 1. The highest BCUT2D eigenvalue weighted by Gasteiger charge is 2.29. The van der Waals surface area contributed by atoms with Crippen LogP contribution in [-0.4, -0.2) is 15.9 Å². The lowest BCUT2D eigenvalue weighted by molar-refractivity contribution is 0.102. The zero-order chi connectivity index (χ0) is 13.5. The summed E-state index contributed by atoms with van der Waals surface area (Å²) in [5, 5.41) is 4.85. The SMILES string of the molecule is O=C(Nc1nc2ccccc2[nH]1)c1sccc1C1CC1. The van der Waals surface area contributed by atoms with E-state index < -0.39 is 0 Å². The Hall–Kier alpha value is -2.14. The molecule has 2 N–H and O–H groups in total. The van der Waals surface area contributed by atoms with Crippen molar-refractivity contribution in [2.45, 2.75) is 18.8 Å². The van der Waals surface area contributed by atoms with Gasteiger partial charge in [-0.25, -0.2) is 4.98 Å². The number of hydrogen-bond acceptors (Lipinski definition) is 3. The maximum absolute atomic E-state index is 12.3. The third-order valence-corrected chi connectivity index (χ3v) is 4.47. The van der Waals surface area contributed by atoms with Crippen molar-refractivity contribution < 1.29 is 4.79 Å². The number of rotatable bonds is 3. The van der Waals surface area contributed by atoms with Crippen molar-refractivity contribution in [3.8, 4) is 0 Å². The first kappa shape index (κ1) is 11.7. The van der Waals surface area contributed by atoms with Gasteiger partial charge in [0.1, 0.15) is 0 Å². The summed E-state index contributed by atoms with van der Waals surface area (Å²) in [5.41, 5.74) is 2.97. The topological polar surface area (TPSA) is 57.8 Å². The fourth-order valence-electron chi connectivity index (χ4n) is 2.40. The molecular weight excluding hydrogens is 270 g/mol. The van der Waals surface area contributed by atoms with Gasteiger partial charge in [0.2, 0.25) is 5.95 Å². The van der Waals surface area contributed by atoms with Crippen molar-refractivity contribution in [3.63, 3.8) is 0 Å². The third kappa shape index (κ3) is 2.00. The number of nitrogens with one attached hydrogen (secondary N) is 2. The predicted octanol–water partition coefficient (Wildman–Crippen LogP) is 3.75. The average molecular weight is 283 g/mol. The van der Waals surface area contributed by atoms with Crippen molar-refractivity contribution in [1.29, 1.82) is 0 Å². The molecule has 5 heteroatoms. The third-order valence-electron chi connectivity index (χ3n) is 3.54. The molecule has 0 unspecified atom stereocenters. The highest BCUT2D eigenvalue weighted by molar-refractivity contribution is 7.12. The molecule has 1 amide bonds. The molecule has 0 bridgehead atoms.